The Morgan fingerprint density at radius 3 is 2.94 bits per heavy atom. The van der Waals surface area contributed by atoms with Gasteiger partial charge in [-0.3, -0.25) is 9.78 Å². The molecule has 4 heteroatoms. The third-order valence-corrected chi connectivity index (χ3v) is 2.49. The Balaban J connectivity index is 2.46. The molecule has 1 amide bonds. The molecule has 2 N–H and O–H groups in total. The van der Waals surface area contributed by atoms with E-state index in [1.54, 1.807) is 17.3 Å². The Morgan fingerprint density at radius 2 is 2.38 bits per heavy atom. The van der Waals surface area contributed by atoms with Gasteiger partial charge in [-0.1, -0.05) is 13.0 Å². The number of rotatable bonds is 5. The molecule has 0 saturated heterocycles. The van der Waals surface area contributed by atoms with E-state index in [9.17, 15) is 4.79 Å². The van der Waals surface area contributed by atoms with Gasteiger partial charge in [0.1, 0.15) is 0 Å². The second-order valence-electron chi connectivity index (χ2n) is 4.15. The van der Waals surface area contributed by atoms with Crippen molar-refractivity contribution >= 4 is 5.91 Å². The van der Waals surface area contributed by atoms with Gasteiger partial charge in [0.05, 0.1) is 6.42 Å². The lowest BCUT2D eigenvalue weighted by molar-refractivity contribution is -0.129. The zero-order valence-corrected chi connectivity index (χ0v) is 9.89. The molecule has 0 radical (unpaired) electrons. The molecule has 0 bridgehead atoms. The zero-order chi connectivity index (χ0) is 12.0. The summed E-state index contributed by atoms with van der Waals surface area (Å²) in [5.41, 5.74) is 6.47. The number of hydrogen-bond acceptors (Lipinski definition) is 3. The number of nitrogens with zero attached hydrogens (tertiary/aromatic N) is 2. The molecule has 0 aliphatic carbocycles. The van der Waals surface area contributed by atoms with Crippen LogP contribution in [0.5, 0.6) is 0 Å². The summed E-state index contributed by atoms with van der Waals surface area (Å²) in [7, 11) is 1.81. The van der Waals surface area contributed by atoms with Crippen LogP contribution in [0.1, 0.15) is 12.5 Å². The SMILES string of the molecule is CC(CN)CN(C)C(=O)Cc1cccnc1. The van der Waals surface area contributed by atoms with Crippen LogP contribution in [-0.4, -0.2) is 35.9 Å². The van der Waals surface area contributed by atoms with E-state index in [1.165, 1.54) is 0 Å². The van der Waals surface area contributed by atoms with Crippen molar-refractivity contribution in [2.75, 3.05) is 20.1 Å². The molecule has 88 valence electrons. The quantitative estimate of drug-likeness (QED) is 0.795. The molecule has 0 aliphatic heterocycles. The van der Waals surface area contributed by atoms with Crippen molar-refractivity contribution in [3.8, 4) is 0 Å². The fourth-order valence-corrected chi connectivity index (χ4v) is 1.46. The molecule has 0 aromatic carbocycles. The first-order valence-electron chi connectivity index (χ1n) is 5.46. The third-order valence-electron chi connectivity index (χ3n) is 2.49. The molecular formula is C12H19N3O. The van der Waals surface area contributed by atoms with E-state index < -0.39 is 0 Å². The molecule has 1 unspecified atom stereocenters. The molecule has 1 aromatic heterocycles. The fourth-order valence-electron chi connectivity index (χ4n) is 1.46. The number of likely N-dealkylation sites (N-methyl/N-ethyl adjacent to an activating group) is 1. The van der Waals surface area contributed by atoms with Gasteiger partial charge >= 0.3 is 0 Å². The molecule has 4 nitrogen and oxygen atoms in total. The summed E-state index contributed by atoms with van der Waals surface area (Å²) < 4.78 is 0. The van der Waals surface area contributed by atoms with E-state index in [0.717, 1.165) is 5.56 Å². The van der Waals surface area contributed by atoms with Crippen LogP contribution < -0.4 is 5.73 Å². The van der Waals surface area contributed by atoms with E-state index in [2.05, 4.69) is 4.98 Å². The second-order valence-corrected chi connectivity index (χ2v) is 4.15. The average Bonchev–Trinajstić information content (AvgIpc) is 2.30. The standard InChI is InChI=1S/C12H19N3O/c1-10(7-13)9-15(2)12(16)6-11-4-3-5-14-8-11/h3-5,8,10H,6-7,9,13H2,1-2H3. The van der Waals surface area contributed by atoms with Crippen molar-refractivity contribution in [3.05, 3.63) is 30.1 Å². The molecule has 1 rings (SSSR count). The maximum Gasteiger partial charge on any atom is 0.226 e. The van der Waals surface area contributed by atoms with Gasteiger partial charge in [0.15, 0.2) is 0 Å². The molecule has 1 aromatic rings. The van der Waals surface area contributed by atoms with Crippen molar-refractivity contribution in [3.63, 3.8) is 0 Å². The monoisotopic (exact) mass is 221 g/mol. The van der Waals surface area contributed by atoms with Gasteiger partial charge in [0.25, 0.3) is 0 Å². The van der Waals surface area contributed by atoms with E-state index in [-0.39, 0.29) is 5.91 Å². The molecule has 0 spiro atoms. The number of carbonyl (C=O) groups is 1. The van der Waals surface area contributed by atoms with Crippen LogP contribution >= 0.6 is 0 Å². The fraction of sp³-hybridized carbons (Fsp3) is 0.500. The number of hydrogen-bond donors (Lipinski definition) is 1. The molecule has 0 saturated carbocycles. The summed E-state index contributed by atoms with van der Waals surface area (Å²) >= 11 is 0. The predicted octanol–water partition coefficient (Wildman–Crippen LogP) is 0.677. The van der Waals surface area contributed by atoms with Crippen LogP contribution in [0.25, 0.3) is 0 Å². The van der Waals surface area contributed by atoms with Crippen LogP contribution in [0.4, 0.5) is 0 Å². The smallest absolute Gasteiger partial charge is 0.226 e. The summed E-state index contributed by atoms with van der Waals surface area (Å²) in [4.78, 5) is 17.5. The van der Waals surface area contributed by atoms with Gasteiger partial charge in [0.2, 0.25) is 5.91 Å². The minimum Gasteiger partial charge on any atom is -0.345 e. The molecule has 16 heavy (non-hydrogen) atoms. The van der Waals surface area contributed by atoms with Crippen molar-refractivity contribution in [2.45, 2.75) is 13.3 Å². The lowest BCUT2D eigenvalue weighted by atomic mass is 10.1. The van der Waals surface area contributed by atoms with Gasteiger partial charge in [-0.2, -0.15) is 0 Å². The van der Waals surface area contributed by atoms with E-state index in [4.69, 9.17) is 5.73 Å². The highest BCUT2D eigenvalue weighted by molar-refractivity contribution is 5.78. The zero-order valence-electron chi connectivity index (χ0n) is 9.89. The predicted molar refractivity (Wildman–Crippen MR) is 63.8 cm³/mol. The summed E-state index contributed by atoms with van der Waals surface area (Å²) in [6, 6.07) is 3.75. The molecule has 0 fully saturated rings. The van der Waals surface area contributed by atoms with Gasteiger partial charge in [-0.05, 0) is 24.1 Å². The van der Waals surface area contributed by atoms with Crippen LogP contribution in [0.15, 0.2) is 24.5 Å². The Hall–Kier alpha value is -1.42. The highest BCUT2D eigenvalue weighted by atomic mass is 16.2. The highest BCUT2D eigenvalue weighted by Gasteiger charge is 2.11. The van der Waals surface area contributed by atoms with Crippen molar-refractivity contribution in [1.82, 2.24) is 9.88 Å². The van der Waals surface area contributed by atoms with Crippen LogP contribution in [0.3, 0.4) is 0 Å². The Morgan fingerprint density at radius 1 is 1.62 bits per heavy atom. The molecular weight excluding hydrogens is 202 g/mol. The molecule has 0 aliphatic rings. The minimum atomic E-state index is 0.105. The Labute approximate surface area is 96.5 Å². The first kappa shape index (κ1) is 12.6. The maximum atomic E-state index is 11.8. The van der Waals surface area contributed by atoms with Crippen molar-refractivity contribution in [2.24, 2.45) is 11.7 Å². The largest absolute Gasteiger partial charge is 0.345 e. The number of amides is 1. The summed E-state index contributed by atoms with van der Waals surface area (Å²) in [5, 5.41) is 0. The highest BCUT2D eigenvalue weighted by Crippen LogP contribution is 2.02. The number of aromatic nitrogens is 1. The Kier molecular flexibility index (Phi) is 4.92. The van der Waals surface area contributed by atoms with Crippen molar-refractivity contribution in [1.29, 1.82) is 0 Å². The van der Waals surface area contributed by atoms with Gasteiger partial charge in [-0.25, -0.2) is 0 Å². The van der Waals surface area contributed by atoms with Gasteiger partial charge < -0.3 is 10.6 Å². The first-order chi connectivity index (χ1) is 7.63. The van der Waals surface area contributed by atoms with Crippen LogP contribution in [0.2, 0.25) is 0 Å². The Bertz CT molecular complexity index is 326. The lowest BCUT2D eigenvalue weighted by Crippen LogP contribution is -2.34. The normalized spacial score (nSPS) is 12.2. The molecule has 1 atom stereocenters. The topological polar surface area (TPSA) is 59.2 Å². The molecule has 1 heterocycles. The van der Waals surface area contributed by atoms with Gasteiger partial charge in [0, 0.05) is 26.0 Å². The second kappa shape index (κ2) is 6.23. The first-order valence-corrected chi connectivity index (χ1v) is 5.46. The van der Waals surface area contributed by atoms with Crippen molar-refractivity contribution < 1.29 is 4.79 Å². The lowest BCUT2D eigenvalue weighted by Gasteiger charge is -2.20. The van der Waals surface area contributed by atoms with E-state index >= 15 is 0 Å². The van der Waals surface area contributed by atoms with Crippen LogP contribution in [-0.2, 0) is 11.2 Å². The van der Waals surface area contributed by atoms with Crippen LogP contribution in [0, 0.1) is 5.92 Å². The van der Waals surface area contributed by atoms with E-state index in [0.29, 0.717) is 25.4 Å². The number of carbonyl (C=O) groups excluding carboxylic acids is 1. The summed E-state index contributed by atoms with van der Waals surface area (Å²) in [6.07, 6.45) is 3.83. The van der Waals surface area contributed by atoms with E-state index in [1.807, 2.05) is 26.1 Å². The number of nitrogens with two attached hydrogens (primary N) is 1. The summed E-state index contributed by atoms with van der Waals surface area (Å²) in [6.45, 7) is 3.34. The minimum absolute atomic E-state index is 0.105. The van der Waals surface area contributed by atoms with Gasteiger partial charge in [-0.15, -0.1) is 0 Å². The number of pyridine rings is 1. The summed E-state index contributed by atoms with van der Waals surface area (Å²) in [5.74, 6) is 0.441. The maximum absolute atomic E-state index is 11.8. The average molecular weight is 221 g/mol. The third kappa shape index (κ3) is 3.98.